The van der Waals surface area contributed by atoms with Crippen LogP contribution in [0, 0.1) is 0 Å². The number of rotatable bonds is 8. The average Bonchev–Trinajstić information content (AvgIpc) is 3.39. The predicted octanol–water partition coefficient (Wildman–Crippen LogP) is 3.10. The predicted molar refractivity (Wildman–Crippen MR) is 123 cm³/mol. The van der Waals surface area contributed by atoms with Crippen molar-refractivity contribution in [2.75, 3.05) is 40.3 Å². The van der Waals surface area contributed by atoms with Gasteiger partial charge >= 0.3 is 6.09 Å². The molecule has 2 amide bonds. The van der Waals surface area contributed by atoms with Gasteiger partial charge in [0.05, 0.1) is 25.7 Å². The lowest BCUT2D eigenvalue weighted by Crippen LogP contribution is -2.40. The summed E-state index contributed by atoms with van der Waals surface area (Å²) in [6.07, 6.45) is 3.44. The molecule has 1 aromatic rings. The minimum atomic E-state index is -1.26. The minimum Gasteiger partial charge on any atom is -0.493 e. The minimum absolute atomic E-state index is 0.123. The van der Waals surface area contributed by atoms with Crippen molar-refractivity contribution in [3.8, 4) is 11.5 Å². The van der Waals surface area contributed by atoms with Gasteiger partial charge in [0.1, 0.15) is 0 Å². The van der Waals surface area contributed by atoms with E-state index in [-0.39, 0.29) is 18.6 Å². The van der Waals surface area contributed by atoms with Gasteiger partial charge in [-0.3, -0.25) is 4.79 Å². The Morgan fingerprint density at radius 3 is 2.34 bits per heavy atom. The third-order valence-electron chi connectivity index (χ3n) is 6.06. The highest BCUT2D eigenvalue weighted by Gasteiger charge is 2.40. The number of hydrogen-bond donors (Lipinski definition) is 2. The normalized spacial score (nSPS) is 19.2. The molecule has 1 heterocycles. The molecule has 1 aliphatic heterocycles. The lowest BCUT2D eigenvalue weighted by molar-refractivity contribution is -0.133. The molecule has 0 radical (unpaired) electrons. The van der Waals surface area contributed by atoms with Crippen LogP contribution < -0.4 is 15.2 Å². The number of carbonyl (C=O) groups excluding carboxylic acids is 1. The summed E-state index contributed by atoms with van der Waals surface area (Å²) < 4.78 is 11.4. The van der Waals surface area contributed by atoms with Gasteiger partial charge in [0, 0.05) is 20.1 Å². The molecular weight excluding hydrogens is 412 g/mol. The van der Waals surface area contributed by atoms with Crippen LogP contribution in [-0.2, 0) is 4.79 Å². The van der Waals surface area contributed by atoms with Crippen molar-refractivity contribution < 1.29 is 24.2 Å². The number of carboxylic acid groups (broad SMARTS) is 1. The molecule has 0 bridgehead atoms. The van der Waals surface area contributed by atoms with E-state index in [0.29, 0.717) is 11.5 Å². The van der Waals surface area contributed by atoms with Crippen LogP contribution in [0.5, 0.6) is 11.5 Å². The van der Waals surface area contributed by atoms with E-state index in [1.165, 1.54) is 17.9 Å². The maximum absolute atomic E-state index is 11.9. The number of methoxy groups -OCH3 is 1. The van der Waals surface area contributed by atoms with Gasteiger partial charge in [0.25, 0.3) is 0 Å². The molecule has 1 atom stereocenters. The lowest BCUT2D eigenvalue weighted by atomic mass is 10.0. The number of hydrogen-bond acceptors (Lipinski definition) is 7. The van der Waals surface area contributed by atoms with E-state index < -0.39 is 12.0 Å². The summed E-state index contributed by atoms with van der Waals surface area (Å²) in [6.45, 7) is 8.36. The van der Waals surface area contributed by atoms with Crippen LogP contribution in [0.1, 0.15) is 57.6 Å². The Bertz CT molecular complexity index is 750. The van der Waals surface area contributed by atoms with Gasteiger partial charge in [-0.05, 0) is 56.5 Å². The molecule has 32 heavy (non-hydrogen) atoms. The van der Waals surface area contributed by atoms with Gasteiger partial charge in [-0.1, -0.05) is 19.9 Å². The van der Waals surface area contributed by atoms with Crippen LogP contribution >= 0.6 is 0 Å². The first-order valence-corrected chi connectivity index (χ1v) is 11.4. The molecule has 1 saturated heterocycles. The van der Waals surface area contributed by atoms with E-state index in [1.807, 2.05) is 12.1 Å². The van der Waals surface area contributed by atoms with E-state index in [1.54, 1.807) is 20.2 Å². The SMILES string of the molecule is CCN(CC)CCN.COc1ccc(C2CC(=O)N(C(=O)O)N2C)cc1OC1CCCC1. The van der Waals surface area contributed by atoms with Crippen LogP contribution in [0.3, 0.4) is 0 Å². The molecule has 180 valence electrons. The molecule has 3 N–H and O–H groups in total. The Kier molecular flexibility index (Phi) is 10.2. The first-order valence-electron chi connectivity index (χ1n) is 11.4. The van der Waals surface area contributed by atoms with Gasteiger partial charge in [-0.2, -0.15) is 5.01 Å². The Hall–Kier alpha value is -2.36. The van der Waals surface area contributed by atoms with Crippen LogP contribution in [0.4, 0.5) is 4.79 Å². The van der Waals surface area contributed by atoms with Crippen molar-refractivity contribution in [2.24, 2.45) is 5.73 Å². The fourth-order valence-corrected chi connectivity index (χ4v) is 4.18. The summed E-state index contributed by atoms with van der Waals surface area (Å²) in [7, 11) is 3.19. The molecule has 1 aromatic carbocycles. The smallest absolute Gasteiger partial charge is 0.429 e. The van der Waals surface area contributed by atoms with Gasteiger partial charge < -0.3 is 25.2 Å². The molecule has 0 spiro atoms. The maximum atomic E-state index is 11.9. The highest BCUT2D eigenvalue weighted by Crippen LogP contribution is 2.38. The van der Waals surface area contributed by atoms with Crippen molar-refractivity contribution in [1.82, 2.24) is 14.9 Å². The number of likely N-dealkylation sites (N-methyl/N-ethyl adjacent to an activating group) is 1. The monoisotopic (exact) mass is 450 g/mol. The fourth-order valence-electron chi connectivity index (χ4n) is 4.18. The van der Waals surface area contributed by atoms with Crippen molar-refractivity contribution in [1.29, 1.82) is 0 Å². The summed E-state index contributed by atoms with van der Waals surface area (Å²) >= 11 is 0. The Labute approximate surface area is 191 Å². The lowest BCUT2D eigenvalue weighted by Gasteiger charge is -2.25. The zero-order chi connectivity index (χ0) is 23.7. The summed E-state index contributed by atoms with van der Waals surface area (Å²) in [5, 5.41) is 11.4. The molecule has 1 aliphatic carbocycles. The fraction of sp³-hybridized carbons (Fsp3) is 0.652. The van der Waals surface area contributed by atoms with Crippen LogP contribution in [0.25, 0.3) is 0 Å². The highest BCUT2D eigenvalue weighted by atomic mass is 16.5. The van der Waals surface area contributed by atoms with Gasteiger partial charge in [-0.25, -0.2) is 9.80 Å². The summed E-state index contributed by atoms with van der Waals surface area (Å²) in [4.78, 5) is 25.5. The Balaban J connectivity index is 0.000000390. The number of nitrogens with zero attached hydrogens (tertiary/aromatic N) is 3. The molecule has 9 heteroatoms. The van der Waals surface area contributed by atoms with Crippen LogP contribution in [0.2, 0.25) is 0 Å². The zero-order valence-electron chi connectivity index (χ0n) is 19.7. The van der Waals surface area contributed by atoms with Crippen LogP contribution in [-0.4, -0.2) is 78.5 Å². The molecule has 9 nitrogen and oxygen atoms in total. The maximum Gasteiger partial charge on any atom is 0.429 e. The average molecular weight is 451 g/mol. The molecular formula is C23H38N4O5. The second-order valence-corrected chi connectivity index (χ2v) is 8.03. The van der Waals surface area contributed by atoms with Crippen molar-refractivity contribution in [2.45, 2.75) is 58.1 Å². The number of nitrogens with two attached hydrogens (primary N) is 1. The van der Waals surface area contributed by atoms with E-state index in [4.69, 9.17) is 20.3 Å². The summed E-state index contributed by atoms with van der Waals surface area (Å²) in [5.41, 5.74) is 6.18. The van der Waals surface area contributed by atoms with Crippen LogP contribution in [0.15, 0.2) is 18.2 Å². The Morgan fingerprint density at radius 1 is 1.22 bits per heavy atom. The van der Waals surface area contributed by atoms with Gasteiger partial charge in [0.15, 0.2) is 11.5 Å². The number of carbonyl (C=O) groups is 2. The van der Waals surface area contributed by atoms with Crippen molar-refractivity contribution in [3.63, 3.8) is 0 Å². The first-order chi connectivity index (χ1) is 15.4. The van der Waals surface area contributed by atoms with Gasteiger partial charge in [0.2, 0.25) is 5.91 Å². The second kappa shape index (κ2) is 12.6. The summed E-state index contributed by atoms with van der Waals surface area (Å²) in [6, 6.07) is 5.18. The quantitative estimate of drug-likeness (QED) is 0.622. The first kappa shape index (κ1) is 25.9. The van der Waals surface area contributed by atoms with Gasteiger partial charge in [-0.15, -0.1) is 0 Å². The van der Waals surface area contributed by atoms with E-state index in [9.17, 15) is 9.59 Å². The Morgan fingerprint density at radius 2 is 1.88 bits per heavy atom. The molecule has 1 saturated carbocycles. The third kappa shape index (κ3) is 6.57. The number of amides is 2. The van der Waals surface area contributed by atoms with Crippen molar-refractivity contribution in [3.05, 3.63) is 23.8 Å². The zero-order valence-corrected chi connectivity index (χ0v) is 19.7. The number of ether oxygens (including phenoxy) is 2. The molecule has 2 aliphatic rings. The second-order valence-electron chi connectivity index (χ2n) is 8.03. The molecule has 1 unspecified atom stereocenters. The largest absolute Gasteiger partial charge is 0.493 e. The van der Waals surface area contributed by atoms with E-state index >= 15 is 0 Å². The molecule has 0 aromatic heterocycles. The number of imide groups is 1. The van der Waals surface area contributed by atoms with E-state index in [0.717, 1.165) is 49.6 Å². The highest BCUT2D eigenvalue weighted by molar-refractivity contribution is 5.92. The number of benzene rings is 1. The topological polar surface area (TPSA) is 109 Å². The molecule has 3 rings (SSSR count). The molecule has 2 fully saturated rings. The third-order valence-corrected chi connectivity index (χ3v) is 6.06. The standard InChI is InChI=1S/C17H22N2O5.C6H16N2/c1-18-13(10-16(20)19(18)17(21)22)11-7-8-14(23-2)15(9-11)24-12-5-3-4-6-12;1-3-8(4-2)6-5-7/h7-9,12-13H,3-6,10H2,1-2H3,(H,21,22);3-7H2,1-2H3. The van der Waals surface area contributed by atoms with Crippen molar-refractivity contribution >= 4 is 12.0 Å². The number of hydrazine groups is 1. The summed E-state index contributed by atoms with van der Waals surface area (Å²) in [5.74, 6) is 0.869. The van der Waals surface area contributed by atoms with E-state index in [2.05, 4.69) is 18.7 Å².